The quantitative estimate of drug-likeness (QED) is 0.646. The van der Waals surface area contributed by atoms with Gasteiger partial charge in [0.15, 0.2) is 0 Å². The molecule has 0 aliphatic carbocycles. The van der Waals surface area contributed by atoms with E-state index in [2.05, 4.69) is 47.2 Å². The minimum Gasteiger partial charge on any atom is -0.213 e. The van der Waals surface area contributed by atoms with Gasteiger partial charge in [-0.3, -0.25) is 0 Å². The molecule has 0 saturated heterocycles. The lowest BCUT2D eigenvalue weighted by molar-refractivity contribution is 0.547. The molecule has 0 heterocycles. The number of rotatable bonds is 7. The number of hydrogen-bond donors (Lipinski definition) is 1. The molecule has 0 bridgehead atoms. The number of benzene rings is 3. The average Bonchev–Trinajstić information content (AvgIpc) is 2.64. The highest BCUT2D eigenvalue weighted by atomic mass is 32.2. The van der Waals surface area contributed by atoms with E-state index in [-0.39, 0.29) is 6.04 Å². The molecule has 1 atom stereocenters. The van der Waals surface area contributed by atoms with Crippen molar-refractivity contribution in [1.82, 2.24) is 4.72 Å². The zero-order valence-electron chi connectivity index (χ0n) is 14.8. The van der Waals surface area contributed by atoms with E-state index in [0.717, 1.165) is 12.0 Å². The smallest absolute Gasteiger partial charge is 0.209 e. The molecule has 0 spiro atoms. The van der Waals surface area contributed by atoms with Gasteiger partial charge in [0.1, 0.15) is 0 Å². The largest absolute Gasteiger partial charge is 0.213 e. The molecule has 0 radical (unpaired) electrons. The normalized spacial score (nSPS) is 13.3. The summed E-state index contributed by atoms with van der Waals surface area (Å²) >= 11 is 0. The maximum Gasteiger partial charge on any atom is 0.209 e. The summed E-state index contributed by atoms with van der Waals surface area (Å²) < 4.78 is 26.1. The second kappa shape index (κ2) is 8.30. The highest BCUT2D eigenvalue weighted by Crippen LogP contribution is 2.22. The fraction of sp³-hybridized carbons (Fsp3) is 0.182. The topological polar surface area (TPSA) is 46.2 Å². The van der Waals surface area contributed by atoms with Crippen molar-refractivity contribution in [2.45, 2.75) is 18.9 Å². The van der Waals surface area contributed by atoms with Crippen LogP contribution < -0.4 is 4.72 Å². The van der Waals surface area contributed by atoms with Gasteiger partial charge in [0.05, 0.1) is 6.26 Å². The summed E-state index contributed by atoms with van der Waals surface area (Å²) in [5, 5.41) is 2.44. The van der Waals surface area contributed by atoms with Crippen molar-refractivity contribution in [1.29, 1.82) is 0 Å². The van der Waals surface area contributed by atoms with Crippen molar-refractivity contribution < 1.29 is 8.42 Å². The third-order valence-electron chi connectivity index (χ3n) is 4.30. The molecule has 134 valence electrons. The van der Waals surface area contributed by atoms with Gasteiger partial charge in [0, 0.05) is 6.04 Å². The molecule has 0 aliphatic heterocycles. The summed E-state index contributed by atoms with van der Waals surface area (Å²) in [7, 11) is -3.26. The van der Waals surface area contributed by atoms with Crippen LogP contribution >= 0.6 is 0 Å². The number of hydrogen-bond acceptors (Lipinski definition) is 2. The van der Waals surface area contributed by atoms with E-state index < -0.39 is 10.0 Å². The van der Waals surface area contributed by atoms with E-state index >= 15 is 0 Å². The molecule has 0 aromatic heterocycles. The molecular formula is C22H23NO2S. The Hall–Kier alpha value is -2.43. The Morgan fingerprint density at radius 2 is 1.62 bits per heavy atom. The van der Waals surface area contributed by atoms with Gasteiger partial charge in [0.25, 0.3) is 0 Å². The molecule has 26 heavy (non-hydrogen) atoms. The Morgan fingerprint density at radius 3 is 2.38 bits per heavy atom. The second-order valence-electron chi connectivity index (χ2n) is 6.40. The fourth-order valence-electron chi connectivity index (χ4n) is 3.11. The maximum atomic E-state index is 11.7. The van der Waals surface area contributed by atoms with Gasteiger partial charge < -0.3 is 0 Å². The van der Waals surface area contributed by atoms with Gasteiger partial charge in [-0.05, 0) is 34.7 Å². The zero-order chi connectivity index (χ0) is 18.4. The Morgan fingerprint density at radius 1 is 0.923 bits per heavy atom. The predicted molar refractivity (Wildman–Crippen MR) is 109 cm³/mol. The lowest BCUT2D eigenvalue weighted by Gasteiger charge is -2.17. The van der Waals surface area contributed by atoms with Gasteiger partial charge in [-0.15, -0.1) is 0 Å². The van der Waals surface area contributed by atoms with Crippen LogP contribution in [-0.4, -0.2) is 14.7 Å². The van der Waals surface area contributed by atoms with Gasteiger partial charge in [0.2, 0.25) is 10.0 Å². The molecular weight excluding hydrogens is 342 g/mol. The average molecular weight is 365 g/mol. The van der Waals surface area contributed by atoms with Crippen molar-refractivity contribution >= 4 is 26.9 Å². The van der Waals surface area contributed by atoms with E-state index in [4.69, 9.17) is 0 Å². The van der Waals surface area contributed by atoms with Gasteiger partial charge in [-0.25, -0.2) is 13.1 Å². The van der Waals surface area contributed by atoms with Crippen LogP contribution in [-0.2, 0) is 10.0 Å². The van der Waals surface area contributed by atoms with Crippen LogP contribution in [0.4, 0.5) is 0 Å². The van der Waals surface area contributed by atoms with Crippen LogP contribution in [0, 0.1) is 0 Å². The standard InChI is InChI=1S/C22H23NO2S/c1-26(24,25)23-22(20-12-3-2-4-13-20)17-8-6-11-19-15-9-14-18-10-5-7-16-21(18)19/h2-7,9-16,22-23H,8,17H2,1H3/b11-6+. The van der Waals surface area contributed by atoms with Crippen LogP contribution in [0.3, 0.4) is 0 Å². The van der Waals surface area contributed by atoms with E-state index in [1.807, 2.05) is 42.5 Å². The monoisotopic (exact) mass is 365 g/mol. The minimum atomic E-state index is -3.26. The molecule has 0 amide bonds. The fourth-order valence-corrected chi connectivity index (χ4v) is 3.88. The first-order valence-electron chi connectivity index (χ1n) is 8.69. The lowest BCUT2D eigenvalue weighted by Crippen LogP contribution is -2.27. The summed E-state index contributed by atoms with van der Waals surface area (Å²) in [6, 6.07) is 24.0. The Labute approximate surface area is 155 Å². The minimum absolute atomic E-state index is 0.219. The molecule has 4 heteroatoms. The van der Waals surface area contributed by atoms with E-state index in [0.29, 0.717) is 6.42 Å². The zero-order valence-corrected chi connectivity index (χ0v) is 15.6. The summed E-state index contributed by atoms with van der Waals surface area (Å²) in [6.45, 7) is 0. The highest BCUT2D eigenvalue weighted by molar-refractivity contribution is 7.88. The van der Waals surface area contributed by atoms with Crippen molar-refractivity contribution in [2.75, 3.05) is 6.26 Å². The van der Waals surface area contributed by atoms with Crippen molar-refractivity contribution in [3.63, 3.8) is 0 Å². The lowest BCUT2D eigenvalue weighted by atomic mass is 10.0. The number of allylic oxidation sites excluding steroid dienone is 1. The van der Waals surface area contributed by atoms with Crippen molar-refractivity contribution in [3.8, 4) is 0 Å². The first-order chi connectivity index (χ1) is 12.5. The van der Waals surface area contributed by atoms with Crippen LogP contribution in [0.1, 0.15) is 30.0 Å². The van der Waals surface area contributed by atoms with Crippen LogP contribution in [0.15, 0.2) is 78.9 Å². The highest BCUT2D eigenvalue weighted by Gasteiger charge is 2.14. The molecule has 3 nitrogen and oxygen atoms in total. The van der Waals surface area contributed by atoms with Crippen molar-refractivity contribution in [2.24, 2.45) is 0 Å². The Balaban J connectivity index is 1.72. The van der Waals surface area contributed by atoms with E-state index in [1.165, 1.54) is 22.6 Å². The van der Waals surface area contributed by atoms with Crippen LogP contribution in [0.25, 0.3) is 16.8 Å². The first kappa shape index (κ1) is 18.4. The third kappa shape index (κ3) is 5.04. The summed E-state index contributed by atoms with van der Waals surface area (Å²) in [4.78, 5) is 0. The Bertz CT molecular complexity index is 990. The summed E-state index contributed by atoms with van der Waals surface area (Å²) in [5.74, 6) is 0. The third-order valence-corrected chi connectivity index (χ3v) is 5.01. The molecule has 1 N–H and O–H groups in total. The molecule has 3 aromatic carbocycles. The number of nitrogens with one attached hydrogen (secondary N) is 1. The van der Waals surface area contributed by atoms with Gasteiger partial charge in [-0.2, -0.15) is 0 Å². The van der Waals surface area contributed by atoms with Crippen LogP contribution in [0.5, 0.6) is 0 Å². The first-order valence-corrected chi connectivity index (χ1v) is 10.6. The van der Waals surface area contributed by atoms with Gasteiger partial charge in [-0.1, -0.05) is 84.9 Å². The molecule has 0 saturated carbocycles. The maximum absolute atomic E-state index is 11.7. The molecule has 3 rings (SSSR count). The Kier molecular flexibility index (Phi) is 5.86. The molecule has 3 aromatic rings. The predicted octanol–water partition coefficient (Wildman–Crippen LogP) is 4.92. The molecule has 0 aliphatic rings. The van der Waals surface area contributed by atoms with Crippen LogP contribution in [0.2, 0.25) is 0 Å². The van der Waals surface area contributed by atoms with E-state index in [1.54, 1.807) is 0 Å². The number of fused-ring (bicyclic) bond motifs is 1. The molecule has 0 fully saturated rings. The summed E-state index contributed by atoms with van der Waals surface area (Å²) in [5.41, 5.74) is 2.16. The SMILES string of the molecule is CS(=O)(=O)NC(CC/C=C/c1cccc2ccccc12)c1ccccc1. The van der Waals surface area contributed by atoms with Gasteiger partial charge >= 0.3 is 0 Å². The van der Waals surface area contributed by atoms with E-state index in [9.17, 15) is 8.42 Å². The van der Waals surface area contributed by atoms with Crippen molar-refractivity contribution in [3.05, 3.63) is 90.0 Å². The second-order valence-corrected chi connectivity index (χ2v) is 8.18. The number of sulfonamides is 1. The summed E-state index contributed by atoms with van der Waals surface area (Å²) in [6.07, 6.45) is 6.92. The molecule has 1 unspecified atom stereocenters.